The van der Waals surface area contributed by atoms with Crippen molar-refractivity contribution < 1.29 is 0 Å². The monoisotopic (exact) mass is 452 g/mol. The summed E-state index contributed by atoms with van der Waals surface area (Å²) in [5.74, 6) is 2.72. The van der Waals surface area contributed by atoms with Crippen molar-refractivity contribution >= 4 is 0 Å². The molecule has 0 unspecified atom stereocenters. The molecule has 0 spiro atoms. The number of nitrogens with zero attached hydrogens (tertiary/aromatic N) is 6. The fourth-order valence-corrected chi connectivity index (χ4v) is 4.90. The number of hydrogen-bond acceptors (Lipinski definition) is 4. The van der Waals surface area contributed by atoms with Crippen molar-refractivity contribution in [3.63, 3.8) is 0 Å². The Morgan fingerprint density at radius 1 is 1.03 bits per heavy atom. The summed E-state index contributed by atoms with van der Waals surface area (Å²) in [6.07, 6.45) is 16.3. The first kappa shape index (κ1) is 21.9. The van der Waals surface area contributed by atoms with Gasteiger partial charge in [-0.3, -0.25) is 9.13 Å². The van der Waals surface area contributed by atoms with Gasteiger partial charge >= 0.3 is 5.69 Å². The van der Waals surface area contributed by atoms with Crippen LogP contribution >= 0.6 is 0 Å². The smallest absolute Gasteiger partial charge is 0.296 e. The third-order valence-electron chi connectivity index (χ3n) is 6.69. The van der Waals surface area contributed by atoms with Crippen molar-refractivity contribution in [3.8, 4) is 29.2 Å². The molecule has 2 heterocycles. The van der Waals surface area contributed by atoms with Gasteiger partial charge in [-0.2, -0.15) is 4.68 Å². The Labute approximate surface area is 199 Å². The van der Waals surface area contributed by atoms with Crippen LogP contribution in [-0.2, 0) is 13.0 Å². The molecule has 0 aliphatic heterocycles. The van der Waals surface area contributed by atoms with Crippen LogP contribution in [0, 0.1) is 12.3 Å². The molecule has 2 aromatic heterocycles. The molecule has 7 nitrogen and oxygen atoms in total. The van der Waals surface area contributed by atoms with E-state index in [0.29, 0.717) is 25.4 Å². The van der Waals surface area contributed by atoms with Crippen LogP contribution in [0.25, 0.3) is 16.8 Å². The first-order chi connectivity index (χ1) is 16.7. The highest BCUT2D eigenvalue weighted by Gasteiger charge is 2.20. The minimum atomic E-state index is 0.0759. The SMILES string of the molecule is C#CCCc1cn(C2CCCCC2)c(=O)n1Cc1ccc(-c2ccccc2-n2cnnn2)cc1. The van der Waals surface area contributed by atoms with Crippen molar-refractivity contribution in [1.82, 2.24) is 29.3 Å². The molecule has 2 aromatic carbocycles. The Morgan fingerprint density at radius 2 is 1.82 bits per heavy atom. The number of imidazole rings is 1. The van der Waals surface area contributed by atoms with Gasteiger partial charge in [0, 0.05) is 36.3 Å². The molecule has 7 heteroatoms. The van der Waals surface area contributed by atoms with E-state index in [4.69, 9.17) is 6.42 Å². The second-order valence-corrected chi connectivity index (χ2v) is 8.86. The lowest BCUT2D eigenvalue weighted by atomic mass is 9.95. The molecule has 5 rings (SSSR count). The zero-order valence-corrected chi connectivity index (χ0v) is 19.2. The molecular formula is C27H28N6O. The van der Waals surface area contributed by atoms with Crippen molar-refractivity contribution in [1.29, 1.82) is 0 Å². The number of hydrogen-bond donors (Lipinski definition) is 0. The molecule has 0 saturated heterocycles. The second kappa shape index (κ2) is 9.92. The van der Waals surface area contributed by atoms with Crippen molar-refractivity contribution in [2.75, 3.05) is 0 Å². The predicted octanol–water partition coefficient (Wildman–Crippen LogP) is 4.41. The number of aryl methyl sites for hydroxylation is 1. The van der Waals surface area contributed by atoms with Crippen molar-refractivity contribution in [2.45, 2.75) is 57.5 Å². The van der Waals surface area contributed by atoms with Gasteiger partial charge in [-0.05, 0) is 40.5 Å². The van der Waals surface area contributed by atoms with Gasteiger partial charge < -0.3 is 0 Å². The van der Waals surface area contributed by atoms with Crippen LogP contribution in [0.5, 0.6) is 0 Å². The molecule has 1 saturated carbocycles. The van der Waals surface area contributed by atoms with Crippen molar-refractivity contribution in [3.05, 3.63) is 82.8 Å². The van der Waals surface area contributed by atoms with E-state index in [9.17, 15) is 4.79 Å². The Hall–Kier alpha value is -3.92. The summed E-state index contributed by atoms with van der Waals surface area (Å²) in [4.78, 5) is 13.4. The summed E-state index contributed by atoms with van der Waals surface area (Å²) in [5, 5.41) is 11.5. The van der Waals surface area contributed by atoms with Crippen LogP contribution in [-0.4, -0.2) is 29.3 Å². The Balaban J connectivity index is 1.43. The zero-order valence-electron chi connectivity index (χ0n) is 19.2. The maximum absolute atomic E-state index is 13.4. The number of rotatable bonds is 7. The summed E-state index contributed by atoms with van der Waals surface area (Å²) in [6.45, 7) is 0.535. The van der Waals surface area contributed by atoms with Gasteiger partial charge in [-0.25, -0.2) is 4.79 Å². The summed E-state index contributed by atoms with van der Waals surface area (Å²) in [5.41, 5.74) is 5.19. The van der Waals surface area contributed by atoms with Crippen LogP contribution in [0.15, 0.2) is 65.8 Å². The summed E-state index contributed by atoms with van der Waals surface area (Å²) in [6, 6.07) is 16.7. The van der Waals surface area contributed by atoms with E-state index in [0.717, 1.165) is 40.9 Å². The molecule has 1 fully saturated rings. The number of benzene rings is 2. The lowest BCUT2D eigenvalue weighted by Gasteiger charge is -2.22. The fourth-order valence-electron chi connectivity index (χ4n) is 4.90. The molecule has 0 N–H and O–H groups in total. The molecule has 1 aliphatic carbocycles. The zero-order chi connectivity index (χ0) is 23.3. The lowest BCUT2D eigenvalue weighted by Crippen LogP contribution is -2.29. The largest absolute Gasteiger partial charge is 0.328 e. The van der Waals surface area contributed by atoms with Gasteiger partial charge in [-0.1, -0.05) is 61.7 Å². The first-order valence-corrected chi connectivity index (χ1v) is 11.9. The van der Waals surface area contributed by atoms with E-state index >= 15 is 0 Å². The quantitative estimate of drug-likeness (QED) is 0.390. The maximum atomic E-state index is 13.4. The Morgan fingerprint density at radius 3 is 2.56 bits per heavy atom. The molecule has 1 aliphatic rings. The van der Waals surface area contributed by atoms with E-state index < -0.39 is 0 Å². The summed E-state index contributed by atoms with van der Waals surface area (Å²) in [7, 11) is 0. The van der Waals surface area contributed by atoms with E-state index in [1.807, 2.05) is 33.5 Å². The molecule has 34 heavy (non-hydrogen) atoms. The average molecular weight is 453 g/mol. The predicted molar refractivity (Wildman–Crippen MR) is 132 cm³/mol. The standard InChI is InChI=1S/C27H28N6O/c1-2-3-9-24-19-32(23-10-5-4-6-11-23)27(34)31(24)18-21-14-16-22(17-15-21)25-12-7-8-13-26(25)33-20-28-29-30-33/h1,7-8,12-17,19-20,23H,3-6,9-11,18H2. The molecule has 4 aromatic rings. The van der Waals surface area contributed by atoms with Gasteiger partial charge in [0.05, 0.1) is 12.2 Å². The molecule has 0 radical (unpaired) electrons. The minimum Gasteiger partial charge on any atom is -0.296 e. The van der Waals surface area contributed by atoms with Crippen LogP contribution in [0.3, 0.4) is 0 Å². The van der Waals surface area contributed by atoms with Crippen LogP contribution < -0.4 is 5.69 Å². The highest BCUT2D eigenvalue weighted by Crippen LogP contribution is 2.28. The average Bonchev–Trinajstić information content (AvgIpc) is 3.53. The molecule has 0 bridgehead atoms. The van der Waals surface area contributed by atoms with E-state index in [1.54, 1.807) is 11.0 Å². The van der Waals surface area contributed by atoms with Gasteiger partial charge in [0.1, 0.15) is 6.33 Å². The third-order valence-corrected chi connectivity index (χ3v) is 6.69. The number of tetrazole rings is 1. The van der Waals surface area contributed by atoms with Gasteiger partial charge in [0.15, 0.2) is 0 Å². The highest BCUT2D eigenvalue weighted by atomic mass is 16.1. The van der Waals surface area contributed by atoms with E-state index in [2.05, 4.69) is 51.8 Å². The van der Waals surface area contributed by atoms with Crippen molar-refractivity contribution in [2.24, 2.45) is 0 Å². The van der Waals surface area contributed by atoms with Gasteiger partial charge in [-0.15, -0.1) is 17.4 Å². The molecule has 0 atom stereocenters. The molecule has 172 valence electrons. The molecule has 0 amide bonds. The van der Waals surface area contributed by atoms with E-state index in [-0.39, 0.29) is 5.69 Å². The summed E-state index contributed by atoms with van der Waals surface area (Å²) >= 11 is 0. The fraction of sp³-hybridized carbons (Fsp3) is 0.333. The van der Waals surface area contributed by atoms with Crippen LogP contribution in [0.2, 0.25) is 0 Å². The Kier molecular flexibility index (Phi) is 6.39. The summed E-state index contributed by atoms with van der Waals surface area (Å²) < 4.78 is 5.52. The number of terminal acetylenes is 1. The van der Waals surface area contributed by atoms with E-state index in [1.165, 1.54) is 19.3 Å². The highest BCUT2D eigenvalue weighted by molar-refractivity contribution is 5.72. The van der Waals surface area contributed by atoms with Gasteiger partial charge in [0.25, 0.3) is 0 Å². The lowest BCUT2D eigenvalue weighted by molar-refractivity contribution is 0.344. The minimum absolute atomic E-state index is 0.0759. The maximum Gasteiger partial charge on any atom is 0.328 e. The Bertz CT molecular complexity index is 1340. The number of aromatic nitrogens is 6. The van der Waals surface area contributed by atoms with Crippen LogP contribution in [0.4, 0.5) is 0 Å². The topological polar surface area (TPSA) is 70.5 Å². The third kappa shape index (κ3) is 4.44. The normalized spacial score (nSPS) is 14.2. The van der Waals surface area contributed by atoms with Gasteiger partial charge in [0.2, 0.25) is 0 Å². The van der Waals surface area contributed by atoms with Crippen LogP contribution in [0.1, 0.15) is 55.8 Å². The second-order valence-electron chi connectivity index (χ2n) is 8.86. The molecular weight excluding hydrogens is 424 g/mol. The first-order valence-electron chi connectivity index (χ1n) is 11.9. The number of para-hydroxylation sites is 1.